The van der Waals surface area contributed by atoms with Crippen molar-refractivity contribution >= 4 is 11.0 Å². The number of allylic oxidation sites excluding steroid dienone is 2. The average Bonchev–Trinajstić information content (AvgIpc) is 2.73. The molecule has 0 aliphatic heterocycles. The third-order valence-electron chi connectivity index (χ3n) is 2.31. The zero-order valence-corrected chi connectivity index (χ0v) is 8.65. The molecule has 0 atom stereocenters. The molecule has 0 bridgehead atoms. The van der Waals surface area contributed by atoms with Crippen LogP contribution < -0.4 is 0 Å². The standard InChI is InChI=1S/C13H14NO/c1-2-3-4-5-6-12-11-8-10-15-13(11)7-9-14-12/h4-5,7-10H,1-3,6H2. The lowest BCUT2D eigenvalue weighted by Crippen LogP contribution is -1.86. The first-order valence-electron chi connectivity index (χ1n) is 5.17. The summed E-state index contributed by atoms with van der Waals surface area (Å²) in [6, 6.07) is 3.85. The molecule has 0 unspecified atom stereocenters. The van der Waals surface area contributed by atoms with Gasteiger partial charge in [-0.15, -0.1) is 0 Å². The number of unbranched alkanes of at least 4 members (excludes halogenated alkanes) is 1. The lowest BCUT2D eigenvalue weighted by molar-refractivity contribution is 0.615. The summed E-state index contributed by atoms with van der Waals surface area (Å²) in [5.41, 5.74) is 1.98. The summed E-state index contributed by atoms with van der Waals surface area (Å²) in [6.45, 7) is 3.79. The number of furan rings is 1. The number of nitrogens with zero attached hydrogens (tertiary/aromatic N) is 1. The predicted octanol–water partition coefficient (Wildman–Crippen LogP) is 3.54. The Morgan fingerprint density at radius 3 is 3.13 bits per heavy atom. The van der Waals surface area contributed by atoms with Crippen molar-refractivity contribution in [2.45, 2.75) is 19.3 Å². The van der Waals surface area contributed by atoms with Crippen LogP contribution in [0.25, 0.3) is 11.0 Å². The van der Waals surface area contributed by atoms with Gasteiger partial charge in [0.1, 0.15) is 5.58 Å². The minimum atomic E-state index is 0.858. The van der Waals surface area contributed by atoms with Crippen LogP contribution in [-0.2, 0) is 6.42 Å². The highest BCUT2D eigenvalue weighted by atomic mass is 16.3. The van der Waals surface area contributed by atoms with E-state index in [2.05, 4.69) is 24.1 Å². The van der Waals surface area contributed by atoms with Crippen LogP contribution in [0.4, 0.5) is 0 Å². The van der Waals surface area contributed by atoms with Crippen LogP contribution in [0.3, 0.4) is 0 Å². The Bertz CT molecular complexity index is 456. The number of pyridine rings is 1. The molecule has 0 spiro atoms. The van der Waals surface area contributed by atoms with E-state index in [-0.39, 0.29) is 0 Å². The molecule has 2 aromatic rings. The zero-order valence-electron chi connectivity index (χ0n) is 8.65. The molecule has 0 aliphatic carbocycles. The fourth-order valence-electron chi connectivity index (χ4n) is 1.55. The summed E-state index contributed by atoms with van der Waals surface area (Å²) in [7, 11) is 0. The van der Waals surface area contributed by atoms with Crippen molar-refractivity contribution in [1.29, 1.82) is 0 Å². The Labute approximate surface area is 89.6 Å². The molecular weight excluding hydrogens is 186 g/mol. The Morgan fingerprint density at radius 2 is 2.27 bits per heavy atom. The molecule has 1 radical (unpaired) electrons. The quantitative estimate of drug-likeness (QED) is 0.705. The Morgan fingerprint density at radius 1 is 1.33 bits per heavy atom. The van der Waals surface area contributed by atoms with Gasteiger partial charge in [-0.1, -0.05) is 19.1 Å². The van der Waals surface area contributed by atoms with Crippen molar-refractivity contribution in [2.24, 2.45) is 0 Å². The smallest absolute Gasteiger partial charge is 0.137 e. The first-order chi connectivity index (χ1) is 7.42. The zero-order chi connectivity index (χ0) is 10.5. The van der Waals surface area contributed by atoms with Gasteiger partial charge in [0, 0.05) is 18.0 Å². The predicted molar refractivity (Wildman–Crippen MR) is 61.4 cm³/mol. The van der Waals surface area contributed by atoms with Crippen molar-refractivity contribution < 1.29 is 4.42 Å². The third kappa shape index (κ3) is 2.27. The first kappa shape index (κ1) is 9.97. The molecule has 2 nitrogen and oxygen atoms in total. The summed E-state index contributed by atoms with van der Waals surface area (Å²) >= 11 is 0. The van der Waals surface area contributed by atoms with Gasteiger partial charge in [0.15, 0.2) is 0 Å². The number of aromatic nitrogens is 1. The summed E-state index contributed by atoms with van der Waals surface area (Å²) < 4.78 is 5.31. The second-order valence-corrected chi connectivity index (χ2v) is 3.41. The van der Waals surface area contributed by atoms with Gasteiger partial charge in [-0.05, 0) is 25.0 Å². The summed E-state index contributed by atoms with van der Waals surface area (Å²) in [6.07, 6.45) is 10.6. The molecule has 0 saturated heterocycles. The van der Waals surface area contributed by atoms with Gasteiger partial charge in [-0.3, -0.25) is 4.98 Å². The van der Waals surface area contributed by atoms with Crippen LogP contribution in [0.5, 0.6) is 0 Å². The molecule has 0 fully saturated rings. The van der Waals surface area contributed by atoms with Crippen molar-refractivity contribution in [2.75, 3.05) is 0 Å². The number of rotatable bonds is 4. The fraction of sp³-hybridized carbons (Fsp3) is 0.231. The van der Waals surface area contributed by atoms with Crippen LogP contribution in [0, 0.1) is 6.92 Å². The van der Waals surface area contributed by atoms with Gasteiger partial charge >= 0.3 is 0 Å². The molecule has 15 heavy (non-hydrogen) atoms. The molecule has 2 rings (SSSR count). The maximum Gasteiger partial charge on any atom is 0.137 e. The lowest BCUT2D eigenvalue weighted by Gasteiger charge is -1.96. The summed E-state index contributed by atoms with van der Waals surface area (Å²) in [4.78, 5) is 4.35. The molecule has 0 aliphatic rings. The SMILES string of the molecule is [CH2]CCC=CCc1nccc2occc12. The molecule has 2 heteroatoms. The monoisotopic (exact) mass is 200 g/mol. The van der Waals surface area contributed by atoms with Crippen LogP contribution in [0.2, 0.25) is 0 Å². The molecule has 0 saturated carbocycles. The molecule has 0 amide bonds. The highest BCUT2D eigenvalue weighted by Gasteiger charge is 2.01. The van der Waals surface area contributed by atoms with Gasteiger partial charge in [-0.25, -0.2) is 0 Å². The normalized spacial score (nSPS) is 11.5. The molecule has 2 aromatic heterocycles. The van der Waals surface area contributed by atoms with Gasteiger partial charge in [-0.2, -0.15) is 0 Å². The van der Waals surface area contributed by atoms with Crippen LogP contribution >= 0.6 is 0 Å². The van der Waals surface area contributed by atoms with Gasteiger partial charge in [0.25, 0.3) is 0 Å². The second kappa shape index (κ2) is 4.78. The number of fused-ring (bicyclic) bond motifs is 1. The van der Waals surface area contributed by atoms with E-state index in [0.717, 1.165) is 35.9 Å². The third-order valence-corrected chi connectivity index (χ3v) is 2.31. The van der Waals surface area contributed by atoms with E-state index in [4.69, 9.17) is 4.42 Å². The van der Waals surface area contributed by atoms with Gasteiger partial charge < -0.3 is 4.42 Å². The van der Waals surface area contributed by atoms with E-state index in [1.807, 2.05) is 12.1 Å². The minimum Gasteiger partial charge on any atom is -0.464 e. The van der Waals surface area contributed by atoms with Gasteiger partial charge in [0.05, 0.1) is 12.0 Å². The van der Waals surface area contributed by atoms with E-state index in [1.165, 1.54) is 0 Å². The second-order valence-electron chi connectivity index (χ2n) is 3.41. The van der Waals surface area contributed by atoms with E-state index in [0.29, 0.717) is 0 Å². The van der Waals surface area contributed by atoms with E-state index in [9.17, 15) is 0 Å². The van der Waals surface area contributed by atoms with E-state index in [1.54, 1.807) is 12.5 Å². The first-order valence-corrected chi connectivity index (χ1v) is 5.17. The van der Waals surface area contributed by atoms with E-state index >= 15 is 0 Å². The van der Waals surface area contributed by atoms with Crippen molar-refractivity contribution in [3.63, 3.8) is 0 Å². The largest absolute Gasteiger partial charge is 0.464 e. The van der Waals surface area contributed by atoms with Crippen molar-refractivity contribution in [1.82, 2.24) is 4.98 Å². The maximum absolute atomic E-state index is 5.31. The lowest BCUT2D eigenvalue weighted by atomic mass is 10.2. The van der Waals surface area contributed by atoms with Crippen molar-refractivity contribution in [3.05, 3.63) is 49.4 Å². The summed E-state index contributed by atoms with van der Waals surface area (Å²) in [5.74, 6) is 0. The maximum atomic E-state index is 5.31. The molecule has 2 heterocycles. The summed E-state index contributed by atoms with van der Waals surface area (Å²) in [5, 5.41) is 1.11. The van der Waals surface area contributed by atoms with Crippen molar-refractivity contribution in [3.8, 4) is 0 Å². The molecule has 77 valence electrons. The molecular formula is C13H14NO. The molecule has 0 N–H and O–H groups in total. The van der Waals surface area contributed by atoms with Crippen LogP contribution in [-0.4, -0.2) is 4.98 Å². The highest BCUT2D eigenvalue weighted by molar-refractivity contribution is 5.79. The topological polar surface area (TPSA) is 26.0 Å². The minimum absolute atomic E-state index is 0.858. The number of hydrogen-bond donors (Lipinski definition) is 0. The number of hydrogen-bond acceptors (Lipinski definition) is 2. The Kier molecular flexibility index (Phi) is 3.18. The fourth-order valence-corrected chi connectivity index (χ4v) is 1.55. The van der Waals surface area contributed by atoms with Crippen LogP contribution in [0.1, 0.15) is 18.5 Å². The Balaban J connectivity index is 2.17. The average molecular weight is 200 g/mol. The van der Waals surface area contributed by atoms with E-state index < -0.39 is 0 Å². The highest BCUT2D eigenvalue weighted by Crippen LogP contribution is 2.18. The van der Waals surface area contributed by atoms with Crippen LogP contribution in [0.15, 0.2) is 41.2 Å². The Hall–Kier alpha value is -1.57. The molecule has 0 aromatic carbocycles. The van der Waals surface area contributed by atoms with Gasteiger partial charge in [0.2, 0.25) is 0 Å².